The average molecular weight is 359 g/mol. The van der Waals surface area contributed by atoms with Crippen molar-refractivity contribution < 1.29 is 14.3 Å². The molecule has 0 radical (unpaired) electrons. The van der Waals surface area contributed by atoms with Crippen molar-refractivity contribution in [3.8, 4) is 0 Å². The number of ether oxygens (including phenoxy) is 1. The zero-order valence-corrected chi connectivity index (χ0v) is 14.6. The highest BCUT2D eigenvalue weighted by atomic mass is 32.2. The van der Waals surface area contributed by atoms with Gasteiger partial charge in [0.25, 0.3) is 11.5 Å². The number of carbonyl (C=O) groups excluding carboxylic acids is 2. The van der Waals surface area contributed by atoms with Crippen molar-refractivity contribution in [3.63, 3.8) is 0 Å². The number of nitrogens with one attached hydrogen (secondary N) is 1. The van der Waals surface area contributed by atoms with Gasteiger partial charge in [0.05, 0.1) is 6.20 Å². The van der Waals surface area contributed by atoms with E-state index in [2.05, 4.69) is 10.3 Å². The molecule has 0 bridgehead atoms. The van der Waals surface area contributed by atoms with E-state index >= 15 is 0 Å². The van der Waals surface area contributed by atoms with E-state index in [1.807, 2.05) is 19.1 Å². The summed E-state index contributed by atoms with van der Waals surface area (Å²) < 4.78 is 6.57. The SMILES string of the molecule is Cc1ccc(NC(=O)[C@H](C)OC(=O)c2cnc3n(c2=O)CCS3)cc1. The molecule has 130 valence electrons. The number of anilines is 1. The molecule has 3 rings (SSSR count). The van der Waals surface area contributed by atoms with Crippen LogP contribution in [0.2, 0.25) is 0 Å². The third-order valence-corrected chi connectivity index (χ3v) is 4.72. The summed E-state index contributed by atoms with van der Waals surface area (Å²) in [6.07, 6.45) is 0.167. The molecule has 1 atom stereocenters. The van der Waals surface area contributed by atoms with Crippen molar-refractivity contribution >= 4 is 29.3 Å². The molecule has 0 fully saturated rings. The van der Waals surface area contributed by atoms with Crippen LogP contribution in [0.15, 0.2) is 40.4 Å². The molecule has 1 aromatic heterocycles. The molecule has 25 heavy (non-hydrogen) atoms. The number of hydrogen-bond acceptors (Lipinski definition) is 6. The lowest BCUT2D eigenvalue weighted by Gasteiger charge is -2.13. The van der Waals surface area contributed by atoms with Crippen LogP contribution < -0.4 is 10.9 Å². The van der Waals surface area contributed by atoms with Crippen LogP contribution in [0.3, 0.4) is 0 Å². The van der Waals surface area contributed by atoms with E-state index in [0.29, 0.717) is 17.4 Å². The van der Waals surface area contributed by atoms with E-state index in [9.17, 15) is 14.4 Å². The van der Waals surface area contributed by atoms with Crippen LogP contribution in [-0.4, -0.2) is 33.3 Å². The fraction of sp³-hybridized carbons (Fsp3) is 0.294. The van der Waals surface area contributed by atoms with Gasteiger partial charge < -0.3 is 10.1 Å². The van der Waals surface area contributed by atoms with Crippen molar-refractivity contribution in [1.29, 1.82) is 0 Å². The molecule has 1 amide bonds. The topological polar surface area (TPSA) is 90.3 Å². The molecule has 7 nitrogen and oxygen atoms in total. The molecule has 2 aromatic rings. The number of nitrogens with zero attached hydrogens (tertiary/aromatic N) is 2. The molecule has 1 N–H and O–H groups in total. The zero-order valence-electron chi connectivity index (χ0n) is 13.8. The van der Waals surface area contributed by atoms with Crippen LogP contribution in [0.1, 0.15) is 22.8 Å². The quantitative estimate of drug-likeness (QED) is 0.662. The van der Waals surface area contributed by atoms with Crippen LogP contribution in [0.25, 0.3) is 0 Å². The molecule has 1 aliphatic heterocycles. The predicted octanol–water partition coefficient (Wildman–Crippen LogP) is 1.84. The van der Waals surface area contributed by atoms with Gasteiger partial charge in [-0.15, -0.1) is 0 Å². The molecule has 1 aromatic carbocycles. The second-order valence-electron chi connectivity index (χ2n) is 5.66. The summed E-state index contributed by atoms with van der Waals surface area (Å²) in [6.45, 7) is 3.91. The lowest BCUT2D eigenvalue weighted by molar-refractivity contribution is -0.123. The van der Waals surface area contributed by atoms with E-state index in [1.165, 1.54) is 29.4 Å². The summed E-state index contributed by atoms with van der Waals surface area (Å²) in [5.74, 6) is -0.575. The smallest absolute Gasteiger partial charge is 0.346 e. The third kappa shape index (κ3) is 3.74. The van der Waals surface area contributed by atoms with Gasteiger partial charge in [-0.05, 0) is 26.0 Å². The molecule has 1 aliphatic rings. The van der Waals surface area contributed by atoms with Crippen molar-refractivity contribution in [2.45, 2.75) is 31.7 Å². The Hall–Kier alpha value is -2.61. The van der Waals surface area contributed by atoms with Crippen LogP contribution >= 0.6 is 11.8 Å². The normalized spacial score (nSPS) is 13.8. The maximum absolute atomic E-state index is 12.3. The van der Waals surface area contributed by atoms with Crippen LogP contribution in [0.4, 0.5) is 5.69 Å². The molecule has 8 heteroatoms. The minimum atomic E-state index is -1.04. The van der Waals surface area contributed by atoms with Gasteiger partial charge in [0.1, 0.15) is 5.56 Å². The summed E-state index contributed by atoms with van der Waals surface area (Å²) in [6, 6.07) is 7.25. The molecule has 0 unspecified atom stereocenters. The van der Waals surface area contributed by atoms with Gasteiger partial charge in [-0.3, -0.25) is 14.2 Å². The molecule has 2 heterocycles. The van der Waals surface area contributed by atoms with Gasteiger partial charge in [0, 0.05) is 18.0 Å². The number of esters is 1. The largest absolute Gasteiger partial charge is 0.449 e. The van der Waals surface area contributed by atoms with Gasteiger partial charge in [-0.2, -0.15) is 0 Å². The lowest BCUT2D eigenvalue weighted by Crippen LogP contribution is -2.33. The fourth-order valence-electron chi connectivity index (χ4n) is 2.32. The summed E-state index contributed by atoms with van der Waals surface area (Å²) in [5, 5.41) is 3.25. The first-order valence-electron chi connectivity index (χ1n) is 7.77. The number of rotatable bonds is 4. The van der Waals surface area contributed by atoms with Gasteiger partial charge in [0.15, 0.2) is 11.3 Å². The molecule has 0 spiro atoms. The third-order valence-electron chi connectivity index (χ3n) is 3.75. The number of thioether (sulfide) groups is 1. The van der Waals surface area contributed by atoms with Crippen LogP contribution in [0.5, 0.6) is 0 Å². The van der Waals surface area contributed by atoms with Crippen molar-refractivity contribution in [2.24, 2.45) is 0 Å². The maximum Gasteiger partial charge on any atom is 0.346 e. The van der Waals surface area contributed by atoms with Gasteiger partial charge in [-0.1, -0.05) is 29.5 Å². The molecular formula is C17H17N3O4S. The Kier molecular flexibility index (Phi) is 4.89. The second kappa shape index (κ2) is 7.10. The van der Waals surface area contributed by atoms with Crippen molar-refractivity contribution in [1.82, 2.24) is 9.55 Å². The van der Waals surface area contributed by atoms with Gasteiger partial charge in [0.2, 0.25) is 0 Å². The Labute approximate surface area is 148 Å². The fourth-order valence-corrected chi connectivity index (χ4v) is 3.23. The van der Waals surface area contributed by atoms with Crippen molar-refractivity contribution in [2.75, 3.05) is 11.1 Å². The number of aromatic nitrogens is 2. The summed E-state index contributed by atoms with van der Waals surface area (Å²) >= 11 is 1.46. The molecule has 0 saturated heterocycles. The summed E-state index contributed by atoms with van der Waals surface area (Å²) in [5.41, 5.74) is 1.07. The Bertz CT molecular complexity index is 876. The Morgan fingerprint density at radius 3 is 2.76 bits per heavy atom. The Morgan fingerprint density at radius 2 is 2.04 bits per heavy atom. The van der Waals surface area contributed by atoms with Gasteiger partial charge >= 0.3 is 5.97 Å². The second-order valence-corrected chi connectivity index (χ2v) is 6.72. The number of amides is 1. The Balaban J connectivity index is 1.67. The monoisotopic (exact) mass is 359 g/mol. The first-order valence-corrected chi connectivity index (χ1v) is 8.75. The molecular weight excluding hydrogens is 342 g/mol. The lowest BCUT2D eigenvalue weighted by atomic mass is 10.2. The number of fused-ring (bicyclic) bond motifs is 1. The maximum atomic E-state index is 12.3. The average Bonchev–Trinajstić information content (AvgIpc) is 3.06. The van der Waals surface area contributed by atoms with Crippen LogP contribution in [-0.2, 0) is 16.1 Å². The van der Waals surface area contributed by atoms with E-state index in [0.717, 1.165) is 11.3 Å². The number of carbonyl (C=O) groups is 2. The highest BCUT2D eigenvalue weighted by molar-refractivity contribution is 7.99. The number of aryl methyl sites for hydroxylation is 1. The van der Waals surface area contributed by atoms with E-state index in [-0.39, 0.29) is 5.56 Å². The molecule has 0 aliphatic carbocycles. The first kappa shape index (κ1) is 17.2. The summed E-state index contributed by atoms with van der Waals surface area (Å²) in [4.78, 5) is 40.7. The highest BCUT2D eigenvalue weighted by Gasteiger charge is 2.24. The van der Waals surface area contributed by atoms with Crippen LogP contribution in [0, 0.1) is 6.92 Å². The van der Waals surface area contributed by atoms with Gasteiger partial charge in [-0.25, -0.2) is 9.78 Å². The zero-order chi connectivity index (χ0) is 18.0. The molecule has 0 saturated carbocycles. The first-order chi connectivity index (χ1) is 12.0. The standard InChI is InChI=1S/C17H17N3O4S/c1-10-3-5-12(6-4-10)19-14(21)11(2)24-16(23)13-9-18-17-20(15(13)22)7-8-25-17/h3-6,9,11H,7-8H2,1-2H3,(H,19,21)/t11-/m0/s1. The Morgan fingerprint density at radius 1 is 1.32 bits per heavy atom. The van der Waals surface area contributed by atoms with Crippen molar-refractivity contribution in [3.05, 3.63) is 51.9 Å². The van der Waals surface area contributed by atoms with E-state index < -0.39 is 23.5 Å². The summed E-state index contributed by atoms with van der Waals surface area (Å²) in [7, 11) is 0. The van der Waals surface area contributed by atoms with E-state index in [4.69, 9.17) is 4.74 Å². The van der Waals surface area contributed by atoms with E-state index in [1.54, 1.807) is 12.1 Å². The number of hydrogen-bond donors (Lipinski definition) is 1. The minimum Gasteiger partial charge on any atom is -0.449 e. The minimum absolute atomic E-state index is 0.166. The predicted molar refractivity (Wildman–Crippen MR) is 93.9 cm³/mol. The number of benzene rings is 1. The highest BCUT2D eigenvalue weighted by Crippen LogP contribution is 2.20.